The van der Waals surface area contributed by atoms with Crippen molar-refractivity contribution >= 4 is 16.8 Å². The van der Waals surface area contributed by atoms with Crippen LogP contribution >= 0.6 is 0 Å². The number of nitrogens with one attached hydrogen (secondary N) is 1. The van der Waals surface area contributed by atoms with Crippen LogP contribution in [0.1, 0.15) is 31.4 Å². The van der Waals surface area contributed by atoms with Gasteiger partial charge < -0.3 is 5.32 Å². The van der Waals surface area contributed by atoms with E-state index < -0.39 is 6.04 Å². The maximum atomic E-state index is 12.6. The van der Waals surface area contributed by atoms with E-state index in [1.807, 2.05) is 25.1 Å². The van der Waals surface area contributed by atoms with Crippen molar-refractivity contribution in [1.29, 1.82) is 0 Å². The minimum atomic E-state index is -0.432. The summed E-state index contributed by atoms with van der Waals surface area (Å²) in [6.45, 7) is 2.73. The molecular formula is C15H17N3O2. The fourth-order valence-electron chi connectivity index (χ4n) is 2.65. The fourth-order valence-corrected chi connectivity index (χ4v) is 2.65. The van der Waals surface area contributed by atoms with Gasteiger partial charge in [-0.05, 0) is 37.0 Å². The minimum Gasteiger partial charge on any atom is -0.354 e. The molecule has 5 heteroatoms. The van der Waals surface area contributed by atoms with Gasteiger partial charge in [0.05, 0.1) is 17.2 Å². The molecule has 0 saturated carbocycles. The zero-order valence-corrected chi connectivity index (χ0v) is 11.4. The quantitative estimate of drug-likeness (QED) is 0.898. The largest absolute Gasteiger partial charge is 0.354 e. The third-order valence-electron chi connectivity index (χ3n) is 3.85. The Morgan fingerprint density at radius 1 is 1.40 bits per heavy atom. The molecule has 3 rings (SSSR count). The Morgan fingerprint density at radius 3 is 3.00 bits per heavy atom. The van der Waals surface area contributed by atoms with E-state index in [1.54, 1.807) is 0 Å². The first kappa shape index (κ1) is 12.8. The molecule has 0 spiro atoms. The number of carbonyl (C=O) groups is 1. The molecule has 1 atom stereocenters. The number of aromatic nitrogens is 2. The lowest BCUT2D eigenvalue weighted by molar-refractivity contribution is -0.125. The minimum absolute atomic E-state index is 0.0915. The first-order chi connectivity index (χ1) is 9.70. The molecule has 1 amide bonds. The molecule has 1 aliphatic heterocycles. The summed E-state index contributed by atoms with van der Waals surface area (Å²) in [5.41, 5.74) is 1.65. The van der Waals surface area contributed by atoms with Crippen LogP contribution in [-0.4, -0.2) is 22.0 Å². The highest BCUT2D eigenvalue weighted by Crippen LogP contribution is 2.17. The number of nitrogens with zero attached hydrogens (tertiary/aromatic N) is 2. The van der Waals surface area contributed by atoms with Crippen LogP contribution in [0.15, 0.2) is 29.3 Å². The Labute approximate surface area is 116 Å². The van der Waals surface area contributed by atoms with E-state index in [-0.39, 0.29) is 11.5 Å². The molecule has 1 aromatic carbocycles. The standard InChI is InChI=1S/C15H17N3O2/c1-2-10-5-6-12-11(8-10)15(20)18(9-17-12)13-4-3-7-16-14(13)19/h5-6,8-9,13H,2-4,7H2,1H3,(H,16,19). The van der Waals surface area contributed by atoms with Crippen LogP contribution < -0.4 is 10.9 Å². The number of rotatable bonds is 2. The molecule has 0 aliphatic carbocycles. The number of fused-ring (bicyclic) bond motifs is 1. The Bertz CT molecular complexity index is 721. The molecule has 104 valence electrons. The van der Waals surface area contributed by atoms with Gasteiger partial charge in [-0.15, -0.1) is 0 Å². The van der Waals surface area contributed by atoms with Gasteiger partial charge in [-0.2, -0.15) is 0 Å². The molecule has 0 bridgehead atoms. The van der Waals surface area contributed by atoms with Crippen molar-refractivity contribution in [2.45, 2.75) is 32.2 Å². The highest BCUT2D eigenvalue weighted by molar-refractivity contribution is 5.82. The smallest absolute Gasteiger partial charge is 0.261 e. The molecule has 2 aromatic rings. The van der Waals surface area contributed by atoms with E-state index in [1.165, 1.54) is 10.9 Å². The molecule has 5 nitrogen and oxygen atoms in total. The van der Waals surface area contributed by atoms with Crippen LogP contribution in [0, 0.1) is 0 Å². The van der Waals surface area contributed by atoms with Crippen molar-refractivity contribution in [2.24, 2.45) is 0 Å². The molecule has 20 heavy (non-hydrogen) atoms. The summed E-state index contributed by atoms with van der Waals surface area (Å²) >= 11 is 0. The van der Waals surface area contributed by atoms with Gasteiger partial charge in [0, 0.05) is 6.54 Å². The molecule has 0 radical (unpaired) electrons. The van der Waals surface area contributed by atoms with E-state index >= 15 is 0 Å². The van der Waals surface area contributed by atoms with Gasteiger partial charge in [0.15, 0.2) is 0 Å². The summed E-state index contributed by atoms with van der Waals surface area (Å²) in [7, 11) is 0. The topological polar surface area (TPSA) is 64.0 Å². The predicted octanol–water partition coefficient (Wildman–Crippen LogP) is 1.41. The zero-order chi connectivity index (χ0) is 14.1. The molecule has 1 aliphatic rings. The number of benzene rings is 1. The second-order valence-electron chi connectivity index (χ2n) is 5.11. The summed E-state index contributed by atoms with van der Waals surface area (Å²) < 4.78 is 1.47. The van der Waals surface area contributed by atoms with Gasteiger partial charge in [-0.25, -0.2) is 4.98 Å². The second kappa shape index (κ2) is 5.07. The van der Waals surface area contributed by atoms with Crippen molar-refractivity contribution in [3.8, 4) is 0 Å². The highest BCUT2D eigenvalue weighted by atomic mass is 16.2. The number of amides is 1. The molecular weight excluding hydrogens is 254 g/mol. The van der Waals surface area contributed by atoms with Crippen LogP contribution in [0.5, 0.6) is 0 Å². The summed E-state index contributed by atoms with van der Waals surface area (Å²) in [5.74, 6) is -0.0915. The molecule has 1 unspecified atom stereocenters. The van der Waals surface area contributed by atoms with E-state index in [0.29, 0.717) is 23.9 Å². The normalized spacial score (nSPS) is 19.1. The average Bonchev–Trinajstić information content (AvgIpc) is 2.48. The number of piperidine rings is 1. The SMILES string of the molecule is CCc1ccc2ncn(C3CCCNC3=O)c(=O)c2c1. The number of hydrogen-bond acceptors (Lipinski definition) is 3. The van der Waals surface area contributed by atoms with Gasteiger partial charge in [-0.1, -0.05) is 13.0 Å². The number of hydrogen-bond donors (Lipinski definition) is 1. The van der Waals surface area contributed by atoms with E-state index in [4.69, 9.17) is 0 Å². The Hall–Kier alpha value is -2.17. The zero-order valence-electron chi connectivity index (χ0n) is 11.4. The van der Waals surface area contributed by atoms with E-state index in [0.717, 1.165) is 18.4 Å². The van der Waals surface area contributed by atoms with Crippen LogP contribution in [0.3, 0.4) is 0 Å². The van der Waals surface area contributed by atoms with Crippen LogP contribution in [0.2, 0.25) is 0 Å². The first-order valence-electron chi connectivity index (χ1n) is 6.98. The average molecular weight is 271 g/mol. The van der Waals surface area contributed by atoms with Gasteiger partial charge >= 0.3 is 0 Å². The van der Waals surface area contributed by atoms with Gasteiger partial charge in [-0.3, -0.25) is 14.2 Å². The second-order valence-corrected chi connectivity index (χ2v) is 5.11. The lowest BCUT2D eigenvalue weighted by Gasteiger charge is -2.23. The Morgan fingerprint density at radius 2 is 2.25 bits per heavy atom. The van der Waals surface area contributed by atoms with Crippen molar-refractivity contribution < 1.29 is 4.79 Å². The Balaban J connectivity index is 2.14. The molecule has 1 aromatic heterocycles. The van der Waals surface area contributed by atoms with Crippen LogP contribution in [0.25, 0.3) is 10.9 Å². The monoisotopic (exact) mass is 271 g/mol. The number of carbonyl (C=O) groups excluding carboxylic acids is 1. The van der Waals surface area contributed by atoms with Gasteiger partial charge in [0.25, 0.3) is 5.56 Å². The van der Waals surface area contributed by atoms with E-state index in [9.17, 15) is 9.59 Å². The van der Waals surface area contributed by atoms with Crippen molar-refractivity contribution in [2.75, 3.05) is 6.54 Å². The highest BCUT2D eigenvalue weighted by Gasteiger charge is 2.25. The summed E-state index contributed by atoms with van der Waals surface area (Å²) in [5, 5.41) is 3.39. The maximum Gasteiger partial charge on any atom is 0.261 e. The van der Waals surface area contributed by atoms with Crippen LogP contribution in [0.4, 0.5) is 0 Å². The predicted molar refractivity (Wildman–Crippen MR) is 76.7 cm³/mol. The fraction of sp³-hybridized carbons (Fsp3) is 0.400. The molecule has 1 saturated heterocycles. The lowest BCUT2D eigenvalue weighted by atomic mass is 10.1. The lowest BCUT2D eigenvalue weighted by Crippen LogP contribution is -2.41. The molecule has 1 fully saturated rings. The van der Waals surface area contributed by atoms with Gasteiger partial charge in [0.2, 0.25) is 5.91 Å². The Kier molecular flexibility index (Phi) is 3.26. The van der Waals surface area contributed by atoms with E-state index in [2.05, 4.69) is 10.3 Å². The number of aryl methyl sites for hydroxylation is 1. The molecule has 2 heterocycles. The summed E-state index contributed by atoms with van der Waals surface area (Å²) in [4.78, 5) is 28.8. The van der Waals surface area contributed by atoms with Crippen molar-refractivity contribution in [3.63, 3.8) is 0 Å². The maximum absolute atomic E-state index is 12.6. The van der Waals surface area contributed by atoms with Crippen molar-refractivity contribution in [1.82, 2.24) is 14.9 Å². The first-order valence-corrected chi connectivity index (χ1v) is 6.98. The van der Waals surface area contributed by atoms with Gasteiger partial charge in [0.1, 0.15) is 6.04 Å². The summed E-state index contributed by atoms with van der Waals surface area (Å²) in [6, 6.07) is 5.29. The third-order valence-corrected chi connectivity index (χ3v) is 3.85. The summed E-state index contributed by atoms with van der Waals surface area (Å²) in [6.07, 6.45) is 3.93. The third kappa shape index (κ3) is 2.09. The molecule has 1 N–H and O–H groups in total. The van der Waals surface area contributed by atoms with Crippen LogP contribution in [-0.2, 0) is 11.2 Å². The van der Waals surface area contributed by atoms with Crippen molar-refractivity contribution in [3.05, 3.63) is 40.4 Å².